The number of anilines is 1. The molecule has 138 valence electrons. The van der Waals surface area contributed by atoms with Crippen LogP contribution in [0.2, 0.25) is 5.02 Å². The van der Waals surface area contributed by atoms with E-state index in [-0.39, 0.29) is 10.9 Å². The number of nitrogens with one attached hydrogen (secondary N) is 1. The number of morpholine rings is 1. The van der Waals surface area contributed by atoms with Crippen molar-refractivity contribution in [3.8, 4) is 0 Å². The maximum atomic E-state index is 12.9. The van der Waals surface area contributed by atoms with Gasteiger partial charge in [-0.25, -0.2) is 8.42 Å². The lowest BCUT2D eigenvalue weighted by Crippen LogP contribution is -2.46. The number of hydrogen-bond donors (Lipinski definition) is 1. The van der Waals surface area contributed by atoms with Gasteiger partial charge in [0.2, 0.25) is 10.0 Å². The van der Waals surface area contributed by atoms with Gasteiger partial charge in [-0.05, 0) is 37.3 Å². The molecule has 1 aliphatic rings. The topological polar surface area (TPSA) is 75.7 Å². The summed E-state index contributed by atoms with van der Waals surface area (Å²) in [4.78, 5) is 12.5. The second-order valence-corrected chi connectivity index (χ2v) is 8.30. The van der Waals surface area contributed by atoms with Crippen molar-refractivity contribution in [2.45, 2.75) is 17.9 Å². The van der Waals surface area contributed by atoms with Gasteiger partial charge in [0.25, 0.3) is 5.91 Å². The number of amides is 1. The average Bonchev–Trinajstić information content (AvgIpc) is 2.62. The fourth-order valence-electron chi connectivity index (χ4n) is 2.78. The van der Waals surface area contributed by atoms with Gasteiger partial charge in [0.05, 0.1) is 28.7 Å². The summed E-state index contributed by atoms with van der Waals surface area (Å²) in [6.45, 7) is 2.84. The zero-order valence-electron chi connectivity index (χ0n) is 14.2. The number of carbonyl (C=O) groups excluding carboxylic acids is 1. The van der Waals surface area contributed by atoms with E-state index in [0.717, 1.165) is 0 Å². The maximum absolute atomic E-state index is 12.9. The van der Waals surface area contributed by atoms with Crippen LogP contribution in [-0.4, -0.2) is 44.4 Å². The van der Waals surface area contributed by atoms with Crippen molar-refractivity contribution in [2.75, 3.05) is 25.1 Å². The second kappa shape index (κ2) is 7.75. The lowest BCUT2D eigenvalue weighted by atomic mass is 10.2. The SMILES string of the molecule is CC1COCCN1S(=O)(=O)c1cccc(NC(=O)c2ccccc2Cl)c1. The van der Waals surface area contributed by atoms with Crippen molar-refractivity contribution in [1.29, 1.82) is 0 Å². The number of nitrogens with zero attached hydrogens (tertiary/aromatic N) is 1. The Bertz CT molecular complexity index is 917. The third kappa shape index (κ3) is 3.91. The number of halogens is 1. The number of ether oxygens (including phenoxy) is 1. The lowest BCUT2D eigenvalue weighted by molar-refractivity contribution is 0.0393. The summed E-state index contributed by atoms with van der Waals surface area (Å²) < 4.78 is 32.5. The van der Waals surface area contributed by atoms with Gasteiger partial charge in [-0.3, -0.25) is 4.79 Å². The minimum absolute atomic E-state index is 0.128. The van der Waals surface area contributed by atoms with Crippen molar-refractivity contribution < 1.29 is 17.9 Å². The summed E-state index contributed by atoms with van der Waals surface area (Å²) in [6.07, 6.45) is 0. The highest BCUT2D eigenvalue weighted by molar-refractivity contribution is 7.89. The van der Waals surface area contributed by atoms with Gasteiger partial charge in [0.1, 0.15) is 0 Å². The van der Waals surface area contributed by atoms with Gasteiger partial charge >= 0.3 is 0 Å². The molecule has 1 amide bonds. The minimum atomic E-state index is -3.67. The fourth-order valence-corrected chi connectivity index (χ4v) is 4.65. The van der Waals surface area contributed by atoms with E-state index in [9.17, 15) is 13.2 Å². The first-order valence-corrected chi connectivity index (χ1v) is 9.97. The third-order valence-corrected chi connectivity index (χ3v) is 6.46. The van der Waals surface area contributed by atoms with Gasteiger partial charge in [-0.1, -0.05) is 29.8 Å². The van der Waals surface area contributed by atoms with Crippen LogP contribution in [0.15, 0.2) is 53.4 Å². The Hall–Kier alpha value is -1.93. The zero-order chi connectivity index (χ0) is 18.7. The van der Waals surface area contributed by atoms with Gasteiger partial charge in [0, 0.05) is 18.3 Å². The molecule has 6 nitrogen and oxygen atoms in total. The van der Waals surface area contributed by atoms with E-state index in [4.69, 9.17) is 16.3 Å². The van der Waals surface area contributed by atoms with Gasteiger partial charge in [0.15, 0.2) is 0 Å². The number of benzene rings is 2. The molecule has 3 rings (SSSR count). The molecule has 0 spiro atoms. The first-order chi connectivity index (χ1) is 12.4. The van der Waals surface area contributed by atoms with Gasteiger partial charge < -0.3 is 10.1 Å². The molecule has 1 unspecified atom stereocenters. The van der Waals surface area contributed by atoms with E-state index < -0.39 is 15.9 Å². The molecular weight excluding hydrogens is 376 g/mol. The standard InChI is InChI=1S/C18H19ClN2O4S/c1-13-12-25-10-9-21(13)26(23,24)15-6-4-5-14(11-15)20-18(22)16-7-2-3-8-17(16)19/h2-8,11,13H,9-10,12H2,1H3,(H,20,22). The summed E-state index contributed by atoms with van der Waals surface area (Å²) in [5.41, 5.74) is 0.709. The molecule has 1 atom stereocenters. The lowest BCUT2D eigenvalue weighted by Gasteiger charge is -2.32. The van der Waals surface area contributed by atoms with E-state index in [1.165, 1.54) is 16.4 Å². The summed E-state index contributed by atoms with van der Waals surface area (Å²) in [5, 5.41) is 3.02. The normalized spacial score (nSPS) is 18.5. The Morgan fingerprint density at radius 3 is 2.73 bits per heavy atom. The van der Waals surface area contributed by atoms with Crippen molar-refractivity contribution >= 4 is 33.2 Å². The molecule has 0 aromatic heterocycles. The zero-order valence-corrected chi connectivity index (χ0v) is 15.8. The Kier molecular flexibility index (Phi) is 5.62. The number of hydrogen-bond acceptors (Lipinski definition) is 4. The molecule has 0 saturated carbocycles. The molecule has 0 aliphatic carbocycles. The molecule has 2 aromatic rings. The summed E-state index contributed by atoms with van der Waals surface area (Å²) in [6, 6.07) is 12.6. The summed E-state index contributed by atoms with van der Waals surface area (Å²) in [5.74, 6) is -0.398. The molecule has 0 radical (unpaired) electrons. The first-order valence-electron chi connectivity index (χ1n) is 8.15. The van der Waals surface area contributed by atoms with Crippen molar-refractivity contribution in [2.24, 2.45) is 0 Å². The Labute approximate surface area is 157 Å². The van der Waals surface area contributed by atoms with Crippen LogP contribution in [-0.2, 0) is 14.8 Å². The quantitative estimate of drug-likeness (QED) is 0.864. The molecule has 1 heterocycles. The van der Waals surface area contributed by atoms with Gasteiger partial charge in [-0.15, -0.1) is 0 Å². The van der Waals surface area contributed by atoms with Crippen molar-refractivity contribution in [1.82, 2.24) is 4.31 Å². The van der Waals surface area contributed by atoms with Crippen molar-refractivity contribution in [3.63, 3.8) is 0 Å². The maximum Gasteiger partial charge on any atom is 0.257 e. The van der Waals surface area contributed by atoms with Gasteiger partial charge in [-0.2, -0.15) is 4.31 Å². The van der Waals surface area contributed by atoms with Crippen LogP contribution in [0.3, 0.4) is 0 Å². The molecule has 1 fully saturated rings. The highest BCUT2D eigenvalue weighted by Gasteiger charge is 2.31. The Balaban J connectivity index is 1.84. The van der Waals surface area contributed by atoms with Crippen molar-refractivity contribution in [3.05, 3.63) is 59.1 Å². The summed E-state index contributed by atoms with van der Waals surface area (Å²) >= 11 is 6.03. The monoisotopic (exact) mass is 394 g/mol. The van der Waals surface area contributed by atoms with E-state index >= 15 is 0 Å². The molecular formula is C18H19ClN2O4S. The Morgan fingerprint density at radius 2 is 2.00 bits per heavy atom. The molecule has 8 heteroatoms. The molecule has 1 aliphatic heterocycles. The second-order valence-electron chi connectivity index (χ2n) is 6.00. The largest absolute Gasteiger partial charge is 0.378 e. The van der Waals surface area contributed by atoms with Crippen LogP contribution in [0.1, 0.15) is 17.3 Å². The predicted octanol–water partition coefficient (Wildman–Crippen LogP) is 3.00. The molecule has 26 heavy (non-hydrogen) atoms. The van der Waals surface area contributed by atoms with E-state index in [0.29, 0.717) is 36.0 Å². The highest BCUT2D eigenvalue weighted by atomic mass is 35.5. The predicted molar refractivity (Wildman–Crippen MR) is 100 cm³/mol. The van der Waals surface area contributed by atoms with Crippen LogP contribution >= 0.6 is 11.6 Å². The number of rotatable bonds is 4. The van der Waals surface area contributed by atoms with Crippen LogP contribution < -0.4 is 5.32 Å². The highest BCUT2D eigenvalue weighted by Crippen LogP contribution is 2.24. The van der Waals surface area contributed by atoms with Crippen LogP contribution in [0, 0.1) is 0 Å². The summed E-state index contributed by atoms with van der Waals surface area (Å²) in [7, 11) is -3.67. The molecule has 0 bridgehead atoms. The molecule has 1 saturated heterocycles. The Morgan fingerprint density at radius 1 is 1.23 bits per heavy atom. The smallest absolute Gasteiger partial charge is 0.257 e. The van der Waals surface area contributed by atoms with Crippen LogP contribution in [0.5, 0.6) is 0 Å². The fraction of sp³-hybridized carbons (Fsp3) is 0.278. The van der Waals surface area contributed by atoms with E-state index in [1.54, 1.807) is 43.3 Å². The number of sulfonamides is 1. The third-order valence-electron chi connectivity index (χ3n) is 4.12. The van der Waals surface area contributed by atoms with E-state index in [1.807, 2.05) is 0 Å². The minimum Gasteiger partial charge on any atom is -0.378 e. The van der Waals surface area contributed by atoms with Crippen LogP contribution in [0.4, 0.5) is 5.69 Å². The number of carbonyl (C=O) groups is 1. The molecule has 2 aromatic carbocycles. The average molecular weight is 395 g/mol. The van der Waals surface area contributed by atoms with Crippen LogP contribution in [0.25, 0.3) is 0 Å². The first kappa shape index (κ1) is 18.8. The van der Waals surface area contributed by atoms with E-state index in [2.05, 4.69) is 5.32 Å². The molecule has 1 N–H and O–H groups in total.